The summed E-state index contributed by atoms with van der Waals surface area (Å²) in [5.74, 6) is 1.21. The van der Waals surface area contributed by atoms with Gasteiger partial charge in [0, 0.05) is 11.8 Å². The van der Waals surface area contributed by atoms with E-state index in [9.17, 15) is 0 Å². The van der Waals surface area contributed by atoms with E-state index in [1.807, 2.05) is 0 Å². The van der Waals surface area contributed by atoms with Crippen molar-refractivity contribution in [2.75, 3.05) is 0 Å². The maximum Gasteiger partial charge on any atom is 0.0898 e. The monoisotopic (exact) mass is 236 g/mol. The van der Waals surface area contributed by atoms with Crippen LogP contribution in [0.4, 0.5) is 0 Å². The van der Waals surface area contributed by atoms with Crippen LogP contribution in [0, 0.1) is 0 Å². The minimum absolute atomic E-state index is 0.607. The molecule has 0 spiro atoms. The van der Waals surface area contributed by atoms with Gasteiger partial charge in [0.2, 0.25) is 0 Å². The molecule has 0 saturated heterocycles. The van der Waals surface area contributed by atoms with Gasteiger partial charge in [0.05, 0.1) is 10.7 Å². The molecule has 2 unspecified atom stereocenters. The highest BCUT2D eigenvalue weighted by Gasteiger charge is 2.43. The van der Waals surface area contributed by atoms with Crippen LogP contribution in [0.1, 0.15) is 49.7 Å². The molecule has 2 heteroatoms. The number of hydrogen-bond donors (Lipinski definition) is 0. The van der Waals surface area contributed by atoms with E-state index in [2.05, 4.69) is 48.3 Å². The first-order valence-corrected chi connectivity index (χ1v) is 6.70. The molecule has 1 aliphatic heterocycles. The highest BCUT2D eigenvalue weighted by Crippen LogP contribution is 2.55. The zero-order chi connectivity index (χ0) is 12.3. The molecule has 3 aliphatic rings. The number of fused-ring (bicyclic) bond motifs is 10. The average molecular weight is 236 g/mol. The summed E-state index contributed by atoms with van der Waals surface area (Å²) in [7, 11) is 0. The van der Waals surface area contributed by atoms with Crippen LogP contribution in [0.2, 0.25) is 0 Å². The molecule has 0 N–H and O–H groups in total. The van der Waals surface area contributed by atoms with Crippen LogP contribution in [0.25, 0.3) is 12.2 Å². The Labute approximate surface area is 106 Å². The van der Waals surface area contributed by atoms with Gasteiger partial charge in [-0.15, -0.1) is 0 Å². The van der Waals surface area contributed by atoms with Crippen LogP contribution >= 0.6 is 0 Å². The van der Waals surface area contributed by atoms with Crippen LogP contribution in [0.3, 0.4) is 0 Å². The second-order valence-corrected chi connectivity index (χ2v) is 5.65. The summed E-state index contributed by atoms with van der Waals surface area (Å²) in [5.41, 5.74) is 6.06. The van der Waals surface area contributed by atoms with Gasteiger partial charge in [-0.3, -0.25) is 0 Å². The Morgan fingerprint density at radius 3 is 1.89 bits per heavy atom. The van der Waals surface area contributed by atoms with E-state index in [1.165, 1.54) is 29.5 Å². The van der Waals surface area contributed by atoms with Crippen LogP contribution in [0.5, 0.6) is 0 Å². The van der Waals surface area contributed by atoms with Gasteiger partial charge in [-0.1, -0.05) is 23.3 Å². The van der Waals surface area contributed by atoms with E-state index in [4.69, 9.17) is 0 Å². The van der Waals surface area contributed by atoms with Gasteiger partial charge in [0.1, 0.15) is 0 Å². The largest absolute Gasteiger partial charge is 0.150 e. The summed E-state index contributed by atoms with van der Waals surface area (Å²) in [6.45, 7) is 4.50. The summed E-state index contributed by atoms with van der Waals surface area (Å²) in [6, 6.07) is 0. The standard InChI is InChI=1S/C16H16N2/c1-9(2)14-10-7-8-11(14)16-13-6-4-3-5-12(15(10)16)17-18-13/h3-6,10-11H,7-8H2,1-2H3/b4-3-,5-3?,6-4?,12-5-,13-6-. The summed E-state index contributed by atoms with van der Waals surface area (Å²) >= 11 is 0. The number of hydrogen-bond acceptors (Lipinski definition) is 2. The van der Waals surface area contributed by atoms with Crippen molar-refractivity contribution < 1.29 is 0 Å². The zero-order valence-electron chi connectivity index (χ0n) is 10.8. The molecule has 2 aliphatic carbocycles. The Morgan fingerprint density at radius 2 is 1.44 bits per heavy atom. The molecular formula is C16H16N2. The van der Waals surface area contributed by atoms with Crippen molar-refractivity contribution in [3.05, 3.63) is 45.1 Å². The van der Waals surface area contributed by atoms with Gasteiger partial charge < -0.3 is 0 Å². The fourth-order valence-corrected chi connectivity index (χ4v) is 3.95. The van der Waals surface area contributed by atoms with Gasteiger partial charge in [-0.05, 0) is 50.0 Å². The van der Waals surface area contributed by atoms with Crippen molar-refractivity contribution in [2.24, 2.45) is 0 Å². The summed E-state index contributed by atoms with van der Waals surface area (Å²) in [5, 5.41) is 11.0. The smallest absolute Gasteiger partial charge is 0.0898 e. The predicted molar refractivity (Wildman–Crippen MR) is 72.4 cm³/mol. The molecule has 18 heavy (non-hydrogen) atoms. The summed E-state index contributed by atoms with van der Waals surface area (Å²) < 4.78 is 0. The van der Waals surface area contributed by atoms with Gasteiger partial charge >= 0.3 is 0 Å². The van der Waals surface area contributed by atoms with Crippen LogP contribution in [-0.4, -0.2) is 10.2 Å². The molecule has 4 rings (SSSR count). The highest BCUT2D eigenvalue weighted by atomic mass is 15.1. The Hall–Kier alpha value is -1.70. The summed E-state index contributed by atoms with van der Waals surface area (Å²) in [6.07, 6.45) is 10.9. The number of aromatic nitrogens is 2. The van der Waals surface area contributed by atoms with E-state index in [0.717, 1.165) is 10.7 Å². The lowest BCUT2D eigenvalue weighted by Gasteiger charge is -2.14. The van der Waals surface area contributed by atoms with Crippen LogP contribution in [-0.2, 0) is 0 Å². The molecule has 0 amide bonds. The molecule has 4 bridgehead atoms. The average Bonchev–Trinajstić information content (AvgIpc) is 2.84. The first-order chi connectivity index (χ1) is 8.77. The molecule has 0 aromatic carbocycles. The quantitative estimate of drug-likeness (QED) is 0.643. The lowest BCUT2D eigenvalue weighted by atomic mass is 9.92. The maximum absolute atomic E-state index is 4.39. The molecule has 0 radical (unpaired) electrons. The molecule has 1 fully saturated rings. The van der Waals surface area contributed by atoms with E-state index in [-0.39, 0.29) is 0 Å². The van der Waals surface area contributed by atoms with Gasteiger partial charge in [0.25, 0.3) is 0 Å². The Bertz CT molecular complexity index is 663. The van der Waals surface area contributed by atoms with E-state index in [1.54, 1.807) is 5.57 Å². The maximum atomic E-state index is 4.39. The van der Waals surface area contributed by atoms with Gasteiger partial charge in [-0.25, -0.2) is 0 Å². The highest BCUT2D eigenvalue weighted by molar-refractivity contribution is 5.60. The predicted octanol–water partition coefficient (Wildman–Crippen LogP) is 1.92. The fourth-order valence-electron chi connectivity index (χ4n) is 3.95. The normalized spacial score (nSPS) is 32.0. The van der Waals surface area contributed by atoms with Crippen molar-refractivity contribution in [2.45, 2.75) is 38.5 Å². The van der Waals surface area contributed by atoms with Crippen LogP contribution in [0.15, 0.2) is 23.3 Å². The van der Waals surface area contributed by atoms with Crippen molar-refractivity contribution >= 4 is 12.2 Å². The van der Waals surface area contributed by atoms with E-state index in [0.29, 0.717) is 11.8 Å². The first kappa shape index (κ1) is 10.2. The molecule has 1 saturated carbocycles. The Kier molecular flexibility index (Phi) is 1.94. The zero-order valence-corrected chi connectivity index (χ0v) is 10.8. The molecule has 90 valence electrons. The fraction of sp³-hybridized carbons (Fsp3) is 0.375. The molecular weight excluding hydrogens is 220 g/mol. The van der Waals surface area contributed by atoms with E-state index < -0.39 is 0 Å². The van der Waals surface area contributed by atoms with Gasteiger partial charge in [0.15, 0.2) is 0 Å². The second-order valence-electron chi connectivity index (χ2n) is 5.65. The third kappa shape index (κ3) is 1.13. The van der Waals surface area contributed by atoms with Gasteiger partial charge in [-0.2, -0.15) is 10.2 Å². The molecule has 2 heterocycles. The third-order valence-electron chi connectivity index (χ3n) is 4.50. The van der Waals surface area contributed by atoms with Crippen molar-refractivity contribution in [1.82, 2.24) is 10.2 Å². The lowest BCUT2D eigenvalue weighted by Crippen LogP contribution is -2.29. The lowest BCUT2D eigenvalue weighted by molar-refractivity contribution is 0.690. The SMILES string of the molecule is CC(C)=C1C2CCC1c1c2/c2nn\c1=C/C=C\C=2. The Morgan fingerprint density at radius 1 is 0.944 bits per heavy atom. The number of rotatable bonds is 0. The second kappa shape index (κ2) is 3.41. The van der Waals surface area contributed by atoms with Crippen LogP contribution < -0.4 is 10.7 Å². The minimum Gasteiger partial charge on any atom is -0.150 e. The van der Waals surface area contributed by atoms with E-state index >= 15 is 0 Å². The molecule has 1 aromatic rings. The molecule has 1 aromatic heterocycles. The van der Waals surface area contributed by atoms with Crippen molar-refractivity contribution in [3.8, 4) is 0 Å². The topological polar surface area (TPSA) is 25.8 Å². The van der Waals surface area contributed by atoms with Crippen molar-refractivity contribution in [3.63, 3.8) is 0 Å². The molecule has 2 atom stereocenters. The number of allylic oxidation sites excluding steroid dienone is 4. The third-order valence-corrected chi connectivity index (χ3v) is 4.50. The first-order valence-electron chi connectivity index (χ1n) is 6.70. The Balaban J connectivity index is 2.15. The summed E-state index contributed by atoms with van der Waals surface area (Å²) in [4.78, 5) is 0. The van der Waals surface area contributed by atoms with Crippen molar-refractivity contribution in [1.29, 1.82) is 0 Å². The molecule has 2 nitrogen and oxygen atoms in total. The minimum atomic E-state index is 0.607. The number of nitrogens with zero attached hydrogens (tertiary/aromatic N) is 2.